The van der Waals surface area contributed by atoms with Crippen molar-refractivity contribution in [3.63, 3.8) is 0 Å². The molecule has 0 aliphatic rings. The van der Waals surface area contributed by atoms with Gasteiger partial charge in [-0.3, -0.25) is 5.10 Å². The van der Waals surface area contributed by atoms with Gasteiger partial charge in [-0.05, 0) is 19.1 Å². The molecule has 3 N–H and O–H groups in total. The first-order valence-corrected chi connectivity index (χ1v) is 7.89. The quantitative estimate of drug-likeness (QED) is 0.779. The summed E-state index contributed by atoms with van der Waals surface area (Å²) in [5.41, 5.74) is 6.03. The number of hydrogen-bond donors (Lipinski definition) is 2. The lowest BCUT2D eigenvalue weighted by molar-refractivity contribution is 0.457. The fraction of sp³-hybridized carbons (Fsp3) is 0.250. The Labute approximate surface area is 128 Å². The number of rotatable bonds is 5. The van der Waals surface area contributed by atoms with E-state index in [0.29, 0.717) is 17.2 Å². The molecule has 21 heavy (non-hydrogen) atoms. The highest BCUT2D eigenvalue weighted by Crippen LogP contribution is 2.17. The molecule has 0 amide bonds. The summed E-state index contributed by atoms with van der Waals surface area (Å²) >= 11 is 4.86. The van der Waals surface area contributed by atoms with Crippen molar-refractivity contribution in [3.05, 3.63) is 41.5 Å². The average molecular weight is 325 g/mol. The fourth-order valence-corrected chi connectivity index (χ4v) is 3.03. The highest BCUT2D eigenvalue weighted by Gasteiger charge is 2.22. The maximum atomic E-state index is 12.5. The van der Waals surface area contributed by atoms with Gasteiger partial charge in [-0.25, -0.2) is 13.4 Å². The first-order chi connectivity index (χ1) is 9.80. The van der Waals surface area contributed by atoms with E-state index in [9.17, 15) is 8.42 Å². The van der Waals surface area contributed by atoms with Crippen LogP contribution >= 0.6 is 12.2 Å². The van der Waals surface area contributed by atoms with Crippen LogP contribution in [0.1, 0.15) is 17.2 Å². The molecule has 1 heterocycles. The van der Waals surface area contributed by atoms with Crippen molar-refractivity contribution in [1.29, 1.82) is 0 Å². The van der Waals surface area contributed by atoms with Gasteiger partial charge in [-0.15, -0.1) is 0 Å². The standard InChI is InChI=1S/C12H15N5O2S2/c1-8-14-11(16-15-8)7-17(2)21(18,19)10-5-3-4-9(6-10)12(13)20/h3-6H,7H2,1-2H3,(H2,13,20)(H,14,15,16). The molecule has 1 aromatic heterocycles. The van der Waals surface area contributed by atoms with Gasteiger partial charge in [0.05, 0.1) is 11.4 Å². The molecule has 0 fully saturated rings. The third-order valence-corrected chi connectivity index (χ3v) is 4.87. The number of thiocarbonyl (C=S) groups is 1. The Morgan fingerprint density at radius 1 is 1.48 bits per heavy atom. The van der Waals surface area contributed by atoms with Gasteiger partial charge < -0.3 is 5.73 Å². The van der Waals surface area contributed by atoms with E-state index in [0.717, 1.165) is 0 Å². The Bertz CT molecular complexity index is 769. The Kier molecular flexibility index (Phi) is 4.35. The van der Waals surface area contributed by atoms with E-state index in [-0.39, 0.29) is 16.4 Å². The molecule has 0 spiro atoms. The lowest BCUT2D eigenvalue weighted by Crippen LogP contribution is -2.27. The number of hydrogen-bond acceptors (Lipinski definition) is 5. The topological polar surface area (TPSA) is 105 Å². The minimum absolute atomic E-state index is 0.0734. The van der Waals surface area contributed by atoms with Crippen molar-refractivity contribution in [2.45, 2.75) is 18.4 Å². The number of H-pyrrole nitrogens is 1. The maximum absolute atomic E-state index is 12.5. The second kappa shape index (κ2) is 5.88. The van der Waals surface area contributed by atoms with Gasteiger partial charge in [0.1, 0.15) is 10.8 Å². The van der Waals surface area contributed by atoms with E-state index >= 15 is 0 Å². The number of nitrogens with two attached hydrogens (primary N) is 1. The molecular formula is C12H15N5O2S2. The molecular weight excluding hydrogens is 310 g/mol. The van der Waals surface area contributed by atoms with Crippen molar-refractivity contribution >= 4 is 27.2 Å². The summed E-state index contributed by atoms with van der Waals surface area (Å²) < 4.78 is 26.2. The van der Waals surface area contributed by atoms with Crippen molar-refractivity contribution in [2.24, 2.45) is 5.73 Å². The smallest absolute Gasteiger partial charge is 0.243 e. The molecule has 9 heteroatoms. The average Bonchev–Trinajstić information content (AvgIpc) is 2.84. The van der Waals surface area contributed by atoms with Gasteiger partial charge in [0, 0.05) is 12.6 Å². The normalized spacial score (nSPS) is 11.8. The molecule has 0 aliphatic heterocycles. The molecule has 0 bridgehead atoms. The van der Waals surface area contributed by atoms with Crippen LogP contribution in [0.25, 0.3) is 0 Å². The molecule has 7 nitrogen and oxygen atoms in total. The van der Waals surface area contributed by atoms with Gasteiger partial charge >= 0.3 is 0 Å². The summed E-state index contributed by atoms with van der Waals surface area (Å²) in [6, 6.07) is 6.22. The van der Waals surface area contributed by atoms with Crippen LogP contribution in [-0.4, -0.2) is 39.9 Å². The van der Waals surface area contributed by atoms with Crippen LogP contribution < -0.4 is 5.73 Å². The summed E-state index contributed by atoms with van der Waals surface area (Å²) in [5.74, 6) is 1.04. The Morgan fingerprint density at radius 3 is 2.76 bits per heavy atom. The molecule has 0 aliphatic carbocycles. The Balaban J connectivity index is 2.28. The summed E-state index contributed by atoms with van der Waals surface area (Å²) in [6.45, 7) is 1.82. The zero-order valence-corrected chi connectivity index (χ0v) is 13.2. The Morgan fingerprint density at radius 2 is 2.19 bits per heavy atom. The van der Waals surface area contributed by atoms with Crippen LogP contribution in [0.3, 0.4) is 0 Å². The van der Waals surface area contributed by atoms with Crippen molar-refractivity contribution in [1.82, 2.24) is 19.5 Å². The van der Waals surface area contributed by atoms with Crippen molar-refractivity contribution < 1.29 is 8.42 Å². The summed E-state index contributed by atoms with van der Waals surface area (Å²) in [5, 5.41) is 6.60. The fourth-order valence-electron chi connectivity index (χ4n) is 1.73. The van der Waals surface area contributed by atoms with Crippen LogP contribution in [0.4, 0.5) is 0 Å². The van der Waals surface area contributed by atoms with E-state index in [1.807, 2.05) is 0 Å². The lowest BCUT2D eigenvalue weighted by atomic mass is 10.2. The van der Waals surface area contributed by atoms with Gasteiger partial charge in [0.25, 0.3) is 0 Å². The van der Waals surface area contributed by atoms with Crippen LogP contribution in [0, 0.1) is 6.92 Å². The summed E-state index contributed by atoms with van der Waals surface area (Å²) in [4.78, 5) is 4.37. The van der Waals surface area contributed by atoms with E-state index in [4.69, 9.17) is 18.0 Å². The second-order valence-corrected chi connectivity index (χ2v) is 6.97. The first-order valence-electron chi connectivity index (χ1n) is 6.05. The largest absolute Gasteiger partial charge is 0.389 e. The molecule has 0 unspecified atom stereocenters. The predicted molar refractivity (Wildman–Crippen MR) is 82.1 cm³/mol. The number of aryl methyl sites for hydroxylation is 1. The third kappa shape index (κ3) is 3.43. The van der Waals surface area contributed by atoms with E-state index in [2.05, 4.69) is 15.2 Å². The summed E-state index contributed by atoms with van der Waals surface area (Å²) in [6.07, 6.45) is 0. The van der Waals surface area contributed by atoms with Gasteiger partial charge in [0.15, 0.2) is 5.82 Å². The van der Waals surface area contributed by atoms with E-state index in [1.54, 1.807) is 19.1 Å². The van der Waals surface area contributed by atoms with Gasteiger partial charge in [-0.1, -0.05) is 24.4 Å². The van der Waals surface area contributed by atoms with Gasteiger partial charge in [0.2, 0.25) is 10.0 Å². The molecule has 112 valence electrons. The SMILES string of the molecule is Cc1nc(CN(C)S(=O)(=O)c2cccc(C(N)=S)c2)n[nH]1. The highest BCUT2D eigenvalue weighted by atomic mass is 32.2. The zero-order valence-electron chi connectivity index (χ0n) is 11.6. The van der Waals surface area contributed by atoms with Gasteiger partial charge in [-0.2, -0.15) is 9.40 Å². The monoisotopic (exact) mass is 325 g/mol. The lowest BCUT2D eigenvalue weighted by Gasteiger charge is -2.16. The number of aromatic nitrogens is 3. The summed E-state index contributed by atoms with van der Waals surface area (Å²) in [7, 11) is -2.19. The van der Waals surface area contributed by atoms with Crippen LogP contribution in [0.15, 0.2) is 29.2 Å². The minimum atomic E-state index is -3.66. The number of nitrogens with one attached hydrogen (secondary N) is 1. The molecule has 0 saturated carbocycles. The predicted octanol–water partition coefficient (Wildman–Crippen LogP) is 0.568. The molecule has 2 rings (SSSR count). The first kappa shape index (κ1) is 15.5. The molecule has 0 saturated heterocycles. The van der Waals surface area contributed by atoms with Crippen molar-refractivity contribution in [2.75, 3.05) is 7.05 Å². The number of sulfonamides is 1. The third-order valence-electron chi connectivity index (χ3n) is 2.83. The Hall–Kier alpha value is -1.84. The number of nitrogens with zero attached hydrogens (tertiary/aromatic N) is 3. The second-order valence-electron chi connectivity index (χ2n) is 4.49. The van der Waals surface area contributed by atoms with E-state index in [1.165, 1.54) is 23.5 Å². The minimum Gasteiger partial charge on any atom is -0.389 e. The number of aromatic amines is 1. The van der Waals surface area contributed by atoms with Crippen LogP contribution in [0.5, 0.6) is 0 Å². The van der Waals surface area contributed by atoms with Crippen molar-refractivity contribution in [3.8, 4) is 0 Å². The maximum Gasteiger partial charge on any atom is 0.243 e. The molecule has 1 aromatic carbocycles. The molecule has 0 atom stereocenters. The number of benzene rings is 1. The molecule has 2 aromatic rings. The van der Waals surface area contributed by atoms with Crippen LogP contribution in [-0.2, 0) is 16.6 Å². The zero-order chi connectivity index (χ0) is 15.6. The van der Waals surface area contributed by atoms with E-state index < -0.39 is 10.0 Å². The highest BCUT2D eigenvalue weighted by molar-refractivity contribution is 7.89. The van der Waals surface area contributed by atoms with Crippen LogP contribution in [0.2, 0.25) is 0 Å². The molecule has 0 radical (unpaired) electrons.